The van der Waals surface area contributed by atoms with Crippen LogP contribution in [0.25, 0.3) is 0 Å². The minimum atomic E-state index is -1.08. The van der Waals surface area contributed by atoms with Crippen LogP contribution in [0.4, 0.5) is 14.5 Å². The van der Waals surface area contributed by atoms with E-state index in [0.717, 1.165) is 6.07 Å². The van der Waals surface area contributed by atoms with Gasteiger partial charge in [-0.15, -0.1) is 11.6 Å². The van der Waals surface area contributed by atoms with Gasteiger partial charge in [0.15, 0.2) is 11.6 Å². The molecule has 0 heterocycles. The van der Waals surface area contributed by atoms with Crippen LogP contribution in [-0.2, 0) is 4.79 Å². The summed E-state index contributed by atoms with van der Waals surface area (Å²) in [5, 5.41) is 2.11. The molecule has 0 bridgehead atoms. The minimum absolute atomic E-state index is 0.203. The van der Waals surface area contributed by atoms with E-state index in [2.05, 4.69) is 5.32 Å². The molecule has 1 N–H and O–H groups in total. The van der Waals surface area contributed by atoms with Crippen molar-refractivity contribution in [1.82, 2.24) is 0 Å². The molecule has 0 fully saturated rings. The van der Waals surface area contributed by atoms with Crippen LogP contribution in [0.1, 0.15) is 0 Å². The number of carbonyl (C=O) groups excluding carboxylic acids is 1. The molecule has 0 radical (unpaired) electrons. The van der Waals surface area contributed by atoms with Crippen LogP contribution >= 0.6 is 11.6 Å². The van der Waals surface area contributed by atoms with Gasteiger partial charge in [0.05, 0.1) is 5.69 Å². The number of hydrogen-bond donors (Lipinski definition) is 1. The highest BCUT2D eigenvalue weighted by atomic mass is 35.5. The van der Waals surface area contributed by atoms with Crippen molar-refractivity contribution in [2.24, 2.45) is 0 Å². The molecule has 0 aromatic heterocycles. The Kier molecular flexibility index (Phi) is 3.19. The number of amides is 1. The third kappa shape index (κ3) is 2.39. The van der Waals surface area contributed by atoms with Crippen molar-refractivity contribution in [2.45, 2.75) is 0 Å². The molecule has 0 spiro atoms. The first-order valence-electron chi connectivity index (χ1n) is 3.45. The van der Waals surface area contributed by atoms with Crippen LogP contribution in [0.5, 0.6) is 0 Å². The second kappa shape index (κ2) is 4.18. The van der Waals surface area contributed by atoms with Crippen molar-refractivity contribution >= 4 is 23.2 Å². The van der Waals surface area contributed by atoms with Crippen LogP contribution in [-0.4, -0.2) is 11.8 Å². The first kappa shape index (κ1) is 9.92. The molecular formula is C8H6ClF2NO. The number of rotatable bonds is 2. The van der Waals surface area contributed by atoms with Crippen molar-refractivity contribution in [2.75, 3.05) is 11.2 Å². The van der Waals surface area contributed by atoms with Gasteiger partial charge in [-0.25, -0.2) is 8.78 Å². The van der Waals surface area contributed by atoms with Crippen molar-refractivity contribution < 1.29 is 13.6 Å². The fourth-order valence-electron chi connectivity index (χ4n) is 0.784. The predicted molar refractivity (Wildman–Crippen MR) is 45.7 cm³/mol. The summed E-state index contributed by atoms with van der Waals surface area (Å²) >= 11 is 5.17. The molecule has 2 nitrogen and oxygen atoms in total. The molecule has 1 aromatic rings. The van der Waals surface area contributed by atoms with Gasteiger partial charge in [0.1, 0.15) is 5.88 Å². The Morgan fingerprint density at radius 1 is 1.46 bits per heavy atom. The van der Waals surface area contributed by atoms with E-state index < -0.39 is 17.5 Å². The van der Waals surface area contributed by atoms with E-state index >= 15 is 0 Å². The number of benzene rings is 1. The monoisotopic (exact) mass is 205 g/mol. The van der Waals surface area contributed by atoms with Crippen LogP contribution in [0.3, 0.4) is 0 Å². The van der Waals surface area contributed by atoms with E-state index in [9.17, 15) is 13.6 Å². The first-order valence-corrected chi connectivity index (χ1v) is 3.98. The summed E-state index contributed by atoms with van der Waals surface area (Å²) in [6.07, 6.45) is 0. The number of alkyl halides is 1. The number of halogens is 3. The summed E-state index contributed by atoms with van der Waals surface area (Å²) in [4.78, 5) is 10.7. The summed E-state index contributed by atoms with van der Waals surface area (Å²) in [5.41, 5.74) is -0.203. The van der Waals surface area contributed by atoms with E-state index in [0.29, 0.717) is 0 Å². The van der Waals surface area contributed by atoms with Gasteiger partial charge in [-0.1, -0.05) is 6.07 Å². The molecule has 70 valence electrons. The van der Waals surface area contributed by atoms with Gasteiger partial charge in [-0.2, -0.15) is 0 Å². The molecular weight excluding hydrogens is 200 g/mol. The average Bonchev–Trinajstić information content (AvgIpc) is 2.13. The Hall–Kier alpha value is -1.16. The largest absolute Gasteiger partial charge is 0.322 e. The van der Waals surface area contributed by atoms with E-state index in [1.165, 1.54) is 12.1 Å². The smallest absolute Gasteiger partial charge is 0.239 e. The summed E-state index contributed by atoms with van der Waals surface area (Å²) < 4.78 is 25.4. The fraction of sp³-hybridized carbons (Fsp3) is 0.125. The molecule has 0 aliphatic rings. The summed E-state index contributed by atoms with van der Waals surface area (Å²) in [7, 11) is 0. The van der Waals surface area contributed by atoms with Gasteiger partial charge >= 0.3 is 0 Å². The Morgan fingerprint density at radius 2 is 2.15 bits per heavy atom. The van der Waals surface area contributed by atoms with Gasteiger partial charge in [0.25, 0.3) is 0 Å². The molecule has 1 aromatic carbocycles. The molecule has 0 saturated heterocycles. The Balaban J connectivity index is 2.89. The lowest BCUT2D eigenvalue weighted by molar-refractivity contribution is -0.113. The highest BCUT2D eigenvalue weighted by molar-refractivity contribution is 6.29. The van der Waals surface area contributed by atoms with Crippen LogP contribution < -0.4 is 5.32 Å². The third-order valence-corrected chi connectivity index (χ3v) is 1.59. The van der Waals surface area contributed by atoms with Gasteiger partial charge in [-0.3, -0.25) is 4.79 Å². The van der Waals surface area contributed by atoms with Gasteiger partial charge < -0.3 is 5.32 Å². The molecule has 13 heavy (non-hydrogen) atoms. The third-order valence-electron chi connectivity index (χ3n) is 1.35. The maximum absolute atomic E-state index is 12.9. The highest BCUT2D eigenvalue weighted by Gasteiger charge is 2.09. The molecule has 1 amide bonds. The van der Waals surface area contributed by atoms with Crippen molar-refractivity contribution in [3.63, 3.8) is 0 Å². The first-order chi connectivity index (χ1) is 6.15. The van der Waals surface area contributed by atoms with Crippen molar-refractivity contribution in [3.05, 3.63) is 29.8 Å². The lowest BCUT2D eigenvalue weighted by Crippen LogP contribution is -2.14. The van der Waals surface area contributed by atoms with Gasteiger partial charge in [0.2, 0.25) is 5.91 Å². The summed E-state index contributed by atoms with van der Waals surface area (Å²) in [5.74, 6) is -2.96. The van der Waals surface area contributed by atoms with Gasteiger partial charge in [0, 0.05) is 0 Å². The second-order valence-corrected chi connectivity index (χ2v) is 2.55. The maximum Gasteiger partial charge on any atom is 0.239 e. The zero-order valence-electron chi connectivity index (χ0n) is 6.48. The summed E-state index contributed by atoms with van der Waals surface area (Å²) in [6, 6.07) is 3.51. The highest BCUT2D eigenvalue weighted by Crippen LogP contribution is 2.16. The standard InChI is InChI=1S/C8H6ClF2NO/c9-4-7(13)12-6-3-1-2-5(10)8(6)11/h1-3H,4H2,(H,12,13). The average molecular weight is 206 g/mol. The van der Waals surface area contributed by atoms with Crippen molar-refractivity contribution in [1.29, 1.82) is 0 Å². The lowest BCUT2D eigenvalue weighted by atomic mass is 10.3. The Bertz CT molecular complexity index is 330. The SMILES string of the molecule is O=C(CCl)Nc1cccc(F)c1F. The van der Waals surface area contributed by atoms with Gasteiger partial charge in [-0.05, 0) is 12.1 Å². The second-order valence-electron chi connectivity index (χ2n) is 2.28. The molecule has 5 heteroatoms. The number of nitrogens with one attached hydrogen (secondary N) is 1. The topological polar surface area (TPSA) is 29.1 Å². The minimum Gasteiger partial charge on any atom is -0.322 e. The predicted octanol–water partition coefficient (Wildman–Crippen LogP) is 2.14. The maximum atomic E-state index is 12.9. The van der Waals surface area contributed by atoms with Crippen molar-refractivity contribution in [3.8, 4) is 0 Å². The van der Waals surface area contributed by atoms with Crippen LogP contribution in [0.15, 0.2) is 18.2 Å². The number of hydrogen-bond acceptors (Lipinski definition) is 1. The molecule has 1 rings (SSSR count). The molecule has 0 atom stereocenters. The lowest BCUT2D eigenvalue weighted by Gasteiger charge is -2.03. The van der Waals surface area contributed by atoms with Crippen LogP contribution in [0.2, 0.25) is 0 Å². The zero-order valence-corrected chi connectivity index (χ0v) is 7.24. The molecule has 0 unspecified atom stereocenters. The Morgan fingerprint density at radius 3 is 2.77 bits per heavy atom. The number of anilines is 1. The van der Waals surface area contributed by atoms with E-state index in [4.69, 9.17) is 11.6 Å². The zero-order chi connectivity index (χ0) is 9.84. The van der Waals surface area contributed by atoms with E-state index in [1.807, 2.05) is 0 Å². The number of carbonyl (C=O) groups is 1. The van der Waals surface area contributed by atoms with E-state index in [-0.39, 0.29) is 11.6 Å². The molecule has 0 saturated carbocycles. The molecule has 0 aliphatic heterocycles. The molecule has 0 aliphatic carbocycles. The fourth-order valence-corrected chi connectivity index (χ4v) is 0.851. The quantitative estimate of drug-likeness (QED) is 0.737. The Labute approximate surface area is 78.5 Å². The van der Waals surface area contributed by atoms with Crippen LogP contribution in [0, 0.1) is 11.6 Å². The van der Waals surface area contributed by atoms with E-state index in [1.54, 1.807) is 0 Å². The summed E-state index contributed by atoms with van der Waals surface area (Å²) in [6.45, 7) is 0. The normalized spacial score (nSPS) is 9.77.